The Morgan fingerprint density at radius 2 is 1.38 bits per heavy atom. The maximum atomic E-state index is 14.0. The van der Waals surface area contributed by atoms with Crippen LogP contribution in [0.1, 0.15) is 60.9 Å². The maximum Gasteiger partial charge on any atom is 0.430 e. The third kappa shape index (κ3) is 6.43. The van der Waals surface area contributed by atoms with Gasteiger partial charge in [0.15, 0.2) is 0 Å². The van der Waals surface area contributed by atoms with Gasteiger partial charge in [-0.05, 0) is 81.6 Å². The highest BCUT2D eigenvalue weighted by molar-refractivity contribution is 6.34. The van der Waals surface area contributed by atoms with Gasteiger partial charge in [-0.25, -0.2) is 0 Å². The second kappa shape index (κ2) is 13.1. The molecule has 6 rings (SSSR count). The molecule has 2 aromatic rings. The number of aliphatic hydroxyl groups is 1. The van der Waals surface area contributed by atoms with Crippen molar-refractivity contribution in [1.29, 1.82) is 0 Å². The summed E-state index contributed by atoms with van der Waals surface area (Å²) in [4.78, 5) is 34.1. The van der Waals surface area contributed by atoms with E-state index in [4.69, 9.17) is 11.6 Å². The van der Waals surface area contributed by atoms with E-state index in [0.29, 0.717) is 41.3 Å². The second-order valence-corrected chi connectivity index (χ2v) is 13.6. The van der Waals surface area contributed by atoms with E-state index >= 15 is 0 Å². The van der Waals surface area contributed by atoms with Gasteiger partial charge in [0, 0.05) is 56.6 Å². The topological polar surface area (TPSA) is 67.3 Å². The number of hydrogen-bond donors (Lipinski definition) is 1. The van der Waals surface area contributed by atoms with Crippen LogP contribution >= 0.6 is 11.6 Å². The van der Waals surface area contributed by atoms with Gasteiger partial charge in [0.05, 0.1) is 10.6 Å². The SMILES string of the molecule is O=C(c1ccc(N2CCC(C3CCN(C(=O)[C@](O)(c4ccccc4)C(F)(F)F)CC3)CC2)cc1Cl)N1CC(N2CCCCC2)C1. The van der Waals surface area contributed by atoms with Crippen molar-refractivity contribution in [2.45, 2.75) is 62.8 Å². The van der Waals surface area contributed by atoms with Crippen LogP contribution in [0.3, 0.4) is 0 Å². The van der Waals surface area contributed by atoms with E-state index in [1.54, 1.807) is 6.07 Å². The molecule has 4 saturated heterocycles. The molecular weight excluding hydrogens is 605 g/mol. The third-order valence-electron chi connectivity index (χ3n) is 10.5. The smallest absolute Gasteiger partial charge is 0.371 e. The van der Waals surface area contributed by atoms with E-state index in [1.165, 1.54) is 36.3 Å². The summed E-state index contributed by atoms with van der Waals surface area (Å²) in [6, 6.07) is 12.8. The zero-order chi connectivity index (χ0) is 31.8. The first-order valence-corrected chi connectivity index (χ1v) is 16.7. The van der Waals surface area contributed by atoms with Crippen molar-refractivity contribution < 1.29 is 27.9 Å². The van der Waals surface area contributed by atoms with E-state index in [9.17, 15) is 27.9 Å². The van der Waals surface area contributed by atoms with Crippen LogP contribution in [0.2, 0.25) is 5.02 Å². The summed E-state index contributed by atoms with van der Waals surface area (Å²) in [7, 11) is 0. The average molecular weight is 647 g/mol. The van der Waals surface area contributed by atoms with Crippen molar-refractivity contribution in [3.8, 4) is 0 Å². The normalized spacial score (nSPS) is 22.6. The first-order valence-electron chi connectivity index (χ1n) is 16.3. The number of alkyl halides is 3. The van der Waals surface area contributed by atoms with Gasteiger partial charge in [-0.15, -0.1) is 0 Å². The molecule has 4 heterocycles. The zero-order valence-corrected chi connectivity index (χ0v) is 26.3. The number of amides is 2. The van der Waals surface area contributed by atoms with Gasteiger partial charge in [-0.1, -0.05) is 48.4 Å². The van der Waals surface area contributed by atoms with Gasteiger partial charge >= 0.3 is 6.18 Å². The van der Waals surface area contributed by atoms with Gasteiger partial charge in [0.2, 0.25) is 0 Å². The van der Waals surface area contributed by atoms with Gasteiger partial charge in [-0.3, -0.25) is 14.5 Å². The van der Waals surface area contributed by atoms with Crippen molar-refractivity contribution in [3.05, 3.63) is 64.7 Å². The third-order valence-corrected chi connectivity index (χ3v) is 10.9. The molecule has 45 heavy (non-hydrogen) atoms. The number of benzene rings is 2. The maximum absolute atomic E-state index is 14.0. The largest absolute Gasteiger partial charge is 0.430 e. The van der Waals surface area contributed by atoms with Crippen molar-refractivity contribution in [2.75, 3.05) is 57.3 Å². The van der Waals surface area contributed by atoms with E-state index in [1.807, 2.05) is 23.1 Å². The number of piperidine rings is 3. The highest BCUT2D eigenvalue weighted by Gasteiger charge is 2.62. The molecule has 0 saturated carbocycles. The molecule has 0 spiro atoms. The lowest BCUT2D eigenvalue weighted by atomic mass is 9.78. The Hall–Kier alpha value is -2.82. The van der Waals surface area contributed by atoms with Crippen LogP contribution in [0.15, 0.2) is 48.5 Å². The fourth-order valence-electron chi connectivity index (χ4n) is 7.70. The molecule has 244 valence electrons. The molecule has 0 unspecified atom stereocenters. The second-order valence-electron chi connectivity index (χ2n) is 13.2. The highest BCUT2D eigenvalue weighted by Crippen LogP contribution is 2.42. The predicted octanol–water partition coefficient (Wildman–Crippen LogP) is 5.56. The zero-order valence-electron chi connectivity index (χ0n) is 25.5. The first kappa shape index (κ1) is 32.1. The van der Waals surface area contributed by atoms with Gasteiger partial charge < -0.3 is 19.8 Å². The number of carbonyl (C=O) groups is 2. The highest BCUT2D eigenvalue weighted by atomic mass is 35.5. The fourth-order valence-corrected chi connectivity index (χ4v) is 7.96. The Kier molecular flexibility index (Phi) is 9.37. The lowest BCUT2D eigenvalue weighted by Crippen LogP contribution is -2.61. The van der Waals surface area contributed by atoms with E-state index in [2.05, 4.69) is 9.80 Å². The minimum Gasteiger partial charge on any atom is -0.371 e. The molecule has 4 fully saturated rings. The number of nitrogens with zero attached hydrogens (tertiary/aromatic N) is 4. The summed E-state index contributed by atoms with van der Waals surface area (Å²) in [6.45, 7) is 5.78. The number of halogens is 4. The summed E-state index contributed by atoms with van der Waals surface area (Å²) in [6.07, 6.45) is 1.71. The van der Waals surface area contributed by atoms with Crippen LogP contribution in [0.4, 0.5) is 18.9 Å². The van der Waals surface area contributed by atoms with E-state index in [-0.39, 0.29) is 19.0 Å². The molecule has 7 nitrogen and oxygen atoms in total. The Bertz CT molecular complexity index is 1350. The molecule has 2 amide bonds. The minimum absolute atomic E-state index is 0.0132. The summed E-state index contributed by atoms with van der Waals surface area (Å²) in [5.74, 6) is -0.601. The summed E-state index contributed by atoms with van der Waals surface area (Å²) < 4.78 is 42.1. The summed E-state index contributed by atoms with van der Waals surface area (Å²) in [5, 5.41) is 11.2. The van der Waals surface area contributed by atoms with E-state index in [0.717, 1.165) is 69.9 Å². The fraction of sp³-hybridized carbons (Fsp3) is 0.588. The van der Waals surface area contributed by atoms with Crippen LogP contribution < -0.4 is 4.90 Å². The van der Waals surface area contributed by atoms with Crippen molar-refractivity contribution in [2.24, 2.45) is 11.8 Å². The van der Waals surface area contributed by atoms with Crippen LogP contribution in [0.25, 0.3) is 0 Å². The molecule has 2 aromatic carbocycles. The Balaban J connectivity index is 0.992. The van der Waals surface area contributed by atoms with Gasteiger partial charge in [0.1, 0.15) is 0 Å². The lowest BCUT2D eigenvalue weighted by Gasteiger charge is -2.46. The van der Waals surface area contributed by atoms with Gasteiger partial charge in [-0.2, -0.15) is 13.2 Å². The summed E-state index contributed by atoms with van der Waals surface area (Å²) >= 11 is 6.64. The van der Waals surface area contributed by atoms with E-state index < -0.39 is 23.2 Å². The molecule has 4 aliphatic rings. The number of rotatable bonds is 6. The van der Waals surface area contributed by atoms with Crippen molar-refractivity contribution >= 4 is 29.1 Å². The Morgan fingerprint density at radius 3 is 1.96 bits per heavy atom. The van der Waals surface area contributed by atoms with Crippen molar-refractivity contribution in [1.82, 2.24) is 14.7 Å². The summed E-state index contributed by atoms with van der Waals surface area (Å²) in [5.41, 5.74) is -2.49. The monoisotopic (exact) mass is 646 g/mol. The number of likely N-dealkylation sites (tertiary alicyclic amines) is 3. The Morgan fingerprint density at radius 1 is 0.778 bits per heavy atom. The molecule has 0 radical (unpaired) electrons. The predicted molar refractivity (Wildman–Crippen MR) is 167 cm³/mol. The lowest BCUT2D eigenvalue weighted by molar-refractivity contribution is -0.262. The van der Waals surface area contributed by atoms with Gasteiger partial charge in [0.25, 0.3) is 17.4 Å². The quantitative estimate of drug-likeness (QED) is 0.446. The molecule has 0 aromatic heterocycles. The molecule has 11 heteroatoms. The van der Waals surface area contributed by atoms with Crippen LogP contribution in [-0.2, 0) is 10.4 Å². The van der Waals surface area contributed by atoms with Crippen molar-refractivity contribution in [3.63, 3.8) is 0 Å². The molecule has 0 aliphatic carbocycles. The van der Waals surface area contributed by atoms with Crippen LogP contribution in [0, 0.1) is 11.8 Å². The number of anilines is 1. The van der Waals surface area contributed by atoms with Crippen LogP contribution in [0.5, 0.6) is 0 Å². The van der Waals surface area contributed by atoms with Crippen LogP contribution in [-0.4, -0.2) is 96.2 Å². The average Bonchev–Trinajstić information content (AvgIpc) is 3.04. The Labute approximate surface area is 267 Å². The minimum atomic E-state index is -5.13. The molecular formula is C34H42ClF3N4O3. The molecule has 0 bridgehead atoms. The molecule has 4 aliphatic heterocycles. The standard InChI is InChI=1S/C34H42ClF3N4O3/c35-30-21-27(9-10-29(30)31(43)42-22-28(23-42)39-15-5-2-6-16-39)40-17-11-24(12-18-40)25-13-19-41(20-14-25)32(44)33(45,34(36,37)38)26-7-3-1-4-8-26/h1,3-4,7-10,21,24-25,28,45H,2,5-6,11-20,22-23H2/t33-/m1/s1. The molecule has 1 N–H and O–H groups in total. The first-order chi connectivity index (χ1) is 21.6. The number of hydrogen-bond acceptors (Lipinski definition) is 5. The number of carbonyl (C=O) groups excluding carboxylic acids is 2. The molecule has 1 atom stereocenters.